The summed E-state index contributed by atoms with van der Waals surface area (Å²) in [5.41, 5.74) is 0.740. The largest absolute Gasteiger partial charge is 0.464 e. The summed E-state index contributed by atoms with van der Waals surface area (Å²) in [6.07, 6.45) is 0. The lowest BCUT2D eigenvalue weighted by molar-refractivity contribution is -0.118. The molecule has 1 aromatic heterocycles. The van der Waals surface area contributed by atoms with Crippen LogP contribution in [-0.4, -0.2) is 47.6 Å². The van der Waals surface area contributed by atoms with Crippen LogP contribution in [0.1, 0.15) is 0 Å². The zero-order valence-corrected chi connectivity index (χ0v) is 15.2. The first kappa shape index (κ1) is 16.4. The molecule has 0 spiro atoms. The van der Waals surface area contributed by atoms with Crippen molar-refractivity contribution < 1.29 is 14.3 Å². The van der Waals surface area contributed by atoms with Crippen molar-refractivity contribution in [3.8, 4) is 5.88 Å². The van der Waals surface area contributed by atoms with E-state index >= 15 is 0 Å². The topological polar surface area (TPSA) is 76.6 Å². The molecule has 3 rings (SSSR count). The summed E-state index contributed by atoms with van der Waals surface area (Å²) in [4.78, 5) is 14.0. The van der Waals surface area contributed by atoms with Gasteiger partial charge in [0, 0.05) is 22.3 Å². The summed E-state index contributed by atoms with van der Waals surface area (Å²) in [7, 11) is 0. The number of halogens is 1. The van der Waals surface area contributed by atoms with Crippen molar-refractivity contribution in [1.82, 2.24) is 8.75 Å². The third-order valence-corrected chi connectivity index (χ3v) is 4.44. The summed E-state index contributed by atoms with van der Waals surface area (Å²) in [6.45, 7) is 2.70. The number of morpholine rings is 1. The summed E-state index contributed by atoms with van der Waals surface area (Å²) in [6, 6.07) is 7.56. The lowest BCUT2D eigenvalue weighted by atomic mass is 10.3. The maximum atomic E-state index is 12.0. The first-order valence-electron chi connectivity index (χ1n) is 7.06. The van der Waals surface area contributed by atoms with Gasteiger partial charge in [-0.05, 0) is 46.9 Å². The highest BCUT2D eigenvalue weighted by atomic mass is 127. The van der Waals surface area contributed by atoms with E-state index in [-0.39, 0.29) is 12.5 Å². The van der Waals surface area contributed by atoms with Crippen LogP contribution in [0.2, 0.25) is 0 Å². The Morgan fingerprint density at radius 3 is 2.78 bits per heavy atom. The molecular formula is C14H15IN4O3S. The molecule has 1 aliphatic heterocycles. The Morgan fingerprint density at radius 2 is 2.04 bits per heavy atom. The van der Waals surface area contributed by atoms with E-state index in [9.17, 15) is 4.79 Å². The monoisotopic (exact) mass is 446 g/mol. The third kappa shape index (κ3) is 4.52. The maximum Gasteiger partial charge on any atom is 0.271 e. The first-order valence-corrected chi connectivity index (χ1v) is 8.87. The van der Waals surface area contributed by atoms with E-state index in [0.29, 0.717) is 24.9 Å². The van der Waals surface area contributed by atoms with Crippen LogP contribution in [0.5, 0.6) is 5.88 Å². The zero-order chi connectivity index (χ0) is 16.1. The van der Waals surface area contributed by atoms with Crippen molar-refractivity contribution in [1.29, 1.82) is 0 Å². The summed E-state index contributed by atoms with van der Waals surface area (Å²) in [5, 5.41) is 2.78. The van der Waals surface area contributed by atoms with Crippen molar-refractivity contribution in [2.24, 2.45) is 0 Å². The Bertz CT molecular complexity index is 658. The molecule has 1 aliphatic rings. The van der Waals surface area contributed by atoms with Gasteiger partial charge >= 0.3 is 0 Å². The van der Waals surface area contributed by atoms with Gasteiger partial charge in [0.05, 0.1) is 24.9 Å². The second kappa shape index (κ2) is 7.88. The number of hydrogen-bond donors (Lipinski definition) is 1. The van der Waals surface area contributed by atoms with Crippen LogP contribution in [0.15, 0.2) is 24.3 Å². The number of ether oxygens (including phenoxy) is 2. The van der Waals surface area contributed by atoms with Gasteiger partial charge in [-0.25, -0.2) is 0 Å². The number of nitrogens with zero attached hydrogens (tertiary/aromatic N) is 3. The Morgan fingerprint density at radius 1 is 1.30 bits per heavy atom. The predicted octanol–water partition coefficient (Wildman–Crippen LogP) is 2.00. The second-order valence-electron chi connectivity index (χ2n) is 4.84. The highest BCUT2D eigenvalue weighted by Crippen LogP contribution is 2.26. The van der Waals surface area contributed by atoms with Crippen molar-refractivity contribution in [2.45, 2.75) is 0 Å². The Balaban J connectivity index is 1.55. The molecule has 1 amide bonds. The van der Waals surface area contributed by atoms with Crippen molar-refractivity contribution in [3.05, 3.63) is 27.8 Å². The standard InChI is InChI=1S/C14H15IN4O3S/c15-10-1-3-11(4-2-10)16-12(20)9-22-14-13(17-23-18-14)19-5-7-21-8-6-19/h1-4H,5-9H2,(H,16,20). The van der Waals surface area contributed by atoms with Crippen molar-refractivity contribution in [3.63, 3.8) is 0 Å². The van der Waals surface area contributed by atoms with Gasteiger partial charge < -0.3 is 19.7 Å². The van der Waals surface area contributed by atoms with Gasteiger partial charge in [0.1, 0.15) is 0 Å². The second-order valence-corrected chi connectivity index (χ2v) is 6.61. The molecule has 1 saturated heterocycles. The minimum Gasteiger partial charge on any atom is -0.464 e. The molecular weight excluding hydrogens is 431 g/mol. The number of aromatic nitrogens is 2. The molecule has 0 radical (unpaired) electrons. The minimum absolute atomic E-state index is 0.102. The molecule has 9 heteroatoms. The molecule has 1 fully saturated rings. The van der Waals surface area contributed by atoms with Gasteiger partial charge in [0.25, 0.3) is 11.8 Å². The number of anilines is 2. The average Bonchev–Trinajstić information content (AvgIpc) is 3.04. The van der Waals surface area contributed by atoms with Gasteiger partial charge in [-0.3, -0.25) is 4.79 Å². The molecule has 1 aromatic carbocycles. The van der Waals surface area contributed by atoms with E-state index in [1.807, 2.05) is 24.3 Å². The van der Waals surface area contributed by atoms with Crippen molar-refractivity contribution >= 4 is 51.7 Å². The average molecular weight is 446 g/mol. The lowest BCUT2D eigenvalue weighted by Crippen LogP contribution is -2.36. The molecule has 1 N–H and O–H groups in total. The van der Waals surface area contributed by atoms with Crippen molar-refractivity contribution in [2.75, 3.05) is 43.1 Å². The summed E-state index contributed by atoms with van der Waals surface area (Å²) in [5.74, 6) is 0.849. The smallest absolute Gasteiger partial charge is 0.271 e. The first-order chi connectivity index (χ1) is 11.2. The van der Waals surface area contributed by atoms with Gasteiger partial charge in [0.2, 0.25) is 5.82 Å². The number of rotatable bonds is 5. The zero-order valence-electron chi connectivity index (χ0n) is 12.2. The predicted molar refractivity (Wildman–Crippen MR) is 96.2 cm³/mol. The molecule has 7 nitrogen and oxygen atoms in total. The Kier molecular flexibility index (Phi) is 5.62. The maximum absolute atomic E-state index is 12.0. The SMILES string of the molecule is O=C(COc1nsnc1N1CCOCC1)Nc1ccc(I)cc1. The number of carbonyl (C=O) groups excluding carboxylic acids is 1. The summed E-state index contributed by atoms with van der Waals surface area (Å²) < 4.78 is 20.3. The fourth-order valence-electron chi connectivity index (χ4n) is 2.10. The number of hydrogen-bond acceptors (Lipinski definition) is 7. The van der Waals surface area contributed by atoms with Gasteiger partial charge in [0.15, 0.2) is 6.61 Å². The van der Waals surface area contributed by atoms with Crippen LogP contribution in [0.4, 0.5) is 11.5 Å². The molecule has 2 aromatic rings. The van der Waals surface area contributed by atoms with Crippen LogP contribution in [0, 0.1) is 3.57 Å². The van der Waals surface area contributed by atoms with Gasteiger partial charge in [-0.1, -0.05) is 0 Å². The van der Waals surface area contributed by atoms with Crippen LogP contribution < -0.4 is 15.0 Å². The molecule has 0 unspecified atom stereocenters. The molecule has 0 aliphatic carbocycles. The van der Waals surface area contributed by atoms with Crippen LogP contribution in [0.25, 0.3) is 0 Å². The number of benzene rings is 1. The molecule has 0 atom stereocenters. The number of carbonyl (C=O) groups is 1. The fraction of sp³-hybridized carbons (Fsp3) is 0.357. The van der Waals surface area contributed by atoms with E-state index < -0.39 is 0 Å². The molecule has 0 bridgehead atoms. The van der Waals surface area contributed by atoms with Crippen LogP contribution in [-0.2, 0) is 9.53 Å². The van der Waals surface area contributed by atoms with Crippen LogP contribution in [0.3, 0.4) is 0 Å². The minimum atomic E-state index is -0.230. The number of nitrogens with one attached hydrogen (secondary N) is 1. The number of amides is 1. The molecule has 2 heterocycles. The Labute approximate surface area is 151 Å². The Hall–Kier alpha value is -1.46. The van der Waals surface area contributed by atoms with E-state index in [0.717, 1.165) is 34.1 Å². The highest BCUT2D eigenvalue weighted by molar-refractivity contribution is 14.1. The quantitative estimate of drug-likeness (QED) is 0.709. The van der Waals surface area contributed by atoms with E-state index in [1.165, 1.54) is 0 Å². The van der Waals surface area contributed by atoms with E-state index in [2.05, 4.69) is 41.6 Å². The van der Waals surface area contributed by atoms with Crippen LogP contribution >= 0.6 is 34.3 Å². The van der Waals surface area contributed by atoms with E-state index in [4.69, 9.17) is 9.47 Å². The van der Waals surface area contributed by atoms with E-state index in [1.54, 1.807) is 0 Å². The third-order valence-electron chi connectivity index (χ3n) is 3.22. The lowest BCUT2D eigenvalue weighted by Gasteiger charge is -2.26. The normalized spacial score (nSPS) is 14.6. The summed E-state index contributed by atoms with van der Waals surface area (Å²) >= 11 is 3.29. The highest BCUT2D eigenvalue weighted by Gasteiger charge is 2.20. The van der Waals surface area contributed by atoms with Gasteiger partial charge in [-0.2, -0.15) is 4.37 Å². The molecule has 23 heavy (non-hydrogen) atoms. The fourth-order valence-corrected chi connectivity index (χ4v) is 2.98. The molecule has 122 valence electrons. The molecule has 0 saturated carbocycles. The van der Waals surface area contributed by atoms with Gasteiger partial charge in [-0.15, -0.1) is 4.37 Å².